The molecule has 0 spiro atoms. The van der Waals surface area contributed by atoms with Crippen molar-refractivity contribution in [1.82, 2.24) is 4.90 Å². The summed E-state index contributed by atoms with van der Waals surface area (Å²) < 4.78 is 0. The van der Waals surface area contributed by atoms with Gasteiger partial charge >= 0.3 is 11.9 Å². The number of carboxylic acids is 2. The van der Waals surface area contributed by atoms with Gasteiger partial charge in [-0.05, 0) is 68.3 Å². The molecule has 1 aliphatic rings. The van der Waals surface area contributed by atoms with Crippen LogP contribution >= 0.6 is 0 Å². The summed E-state index contributed by atoms with van der Waals surface area (Å²) in [5.74, 6) is -2.51. The highest BCUT2D eigenvalue weighted by Crippen LogP contribution is 2.24. The molecule has 1 aromatic carbocycles. The lowest BCUT2D eigenvalue weighted by atomic mass is 9.97. The monoisotopic (exact) mass is 405 g/mol. The van der Waals surface area contributed by atoms with Gasteiger partial charge in [0.15, 0.2) is 0 Å². The minimum absolute atomic E-state index is 0.350. The molecule has 29 heavy (non-hydrogen) atoms. The number of aliphatic carboxylic acids is 2. The summed E-state index contributed by atoms with van der Waals surface area (Å²) in [6.07, 6.45) is 9.41. The number of hydrogen-bond donors (Lipinski definition) is 3. The number of carboxylic acid groups (broad SMARTS) is 2. The second-order valence-electron chi connectivity index (χ2n) is 7.42. The zero-order valence-corrected chi connectivity index (χ0v) is 17.6. The van der Waals surface area contributed by atoms with E-state index in [1.807, 2.05) is 0 Å². The van der Waals surface area contributed by atoms with E-state index in [2.05, 4.69) is 36.9 Å². The van der Waals surface area contributed by atoms with Crippen molar-refractivity contribution >= 4 is 11.9 Å². The zero-order valence-electron chi connectivity index (χ0n) is 17.6. The average molecular weight is 406 g/mol. The SMILES string of the molecule is CCCN(CCC)CC(O)c1ccc2c(c1)CCCCC2.O=C(O)/C=C\C(=O)O. The van der Waals surface area contributed by atoms with Crippen LogP contribution in [0.1, 0.15) is 68.7 Å². The Balaban J connectivity index is 0.000000447. The van der Waals surface area contributed by atoms with Crippen LogP contribution in [0.5, 0.6) is 0 Å². The lowest BCUT2D eigenvalue weighted by Gasteiger charge is -2.24. The fourth-order valence-corrected chi connectivity index (χ4v) is 3.56. The topological polar surface area (TPSA) is 98.1 Å². The van der Waals surface area contributed by atoms with Gasteiger partial charge in [0, 0.05) is 18.7 Å². The van der Waals surface area contributed by atoms with Crippen molar-refractivity contribution in [2.24, 2.45) is 0 Å². The van der Waals surface area contributed by atoms with Crippen molar-refractivity contribution < 1.29 is 24.9 Å². The highest BCUT2D eigenvalue weighted by Gasteiger charge is 2.15. The lowest BCUT2D eigenvalue weighted by molar-refractivity contribution is -0.134. The summed E-state index contributed by atoms with van der Waals surface area (Å²) in [6.45, 7) is 7.33. The average Bonchev–Trinajstić information content (AvgIpc) is 2.92. The van der Waals surface area contributed by atoms with Gasteiger partial charge in [-0.3, -0.25) is 0 Å². The second kappa shape index (κ2) is 13.9. The van der Waals surface area contributed by atoms with Crippen LogP contribution < -0.4 is 0 Å². The second-order valence-corrected chi connectivity index (χ2v) is 7.42. The first-order valence-electron chi connectivity index (χ1n) is 10.5. The molecule has 1 aliphatic carbocycles. The molecule has 1 unspecified atom stereocenters. The number of benzene rings is 1. The van der Waals surface area contributed by atoms with Gasteiger partial charge in [-0.1, -0.05) is 38.5 Å². The first kappa shape index (κ1) is 24.9. The van der Waals surface area contributed by atoms with Gasteiger partial charge in [0.1, 0.15) is 0 Å². The van der Waals surface area contributed by atoms with E-state index < -0.39 is 11.9 Å². The van der Waals surface area contributed by atoms with Crippen LogP contribution in [0.25, 0.3) is 0 Å². The molecule has 0 saturated heterocycles. The van der Waals surface area contributed by atoms with E-state index in [0.29, 0.717) is 12.2 Å². The molecule has 1 atom stereocenters. The molecule has 0 aromatic heterocycles. The number of aliphatic hydroxyl groups excluding tert-OH is 1. The normalized spacial score (nSPS) is 14.6. The molecule has 6 nitrogen and oxygen atoms in total. The summed E-state index contributed by atoms with van der Waals surface area (Å²) in [5.41, 5.74) is 4.08. The van der Waals surface area contributed by atoms with Gasteiger partial charge in [0.2, 0.25) is 0 Å². The molecule has 2 rings (SSSR count). The molecule has 0 saturated carbocycles. The molecule has 0 amide bonds. The third-order valence-electron chi connectivity index (χ3n) is 4.89. The number of fused-ring (bicyclic) bond motifs is 1. The van der Waals surface area contributed by atoms with Gasteiger partial charge in [0.25, 0.3) is 0 Å². The Hall–Kier alpha value is -2.18. The maximum Gasteiger partial charge on any atom is 0.328 e. The standard InChI is InChI=1S/C19H31NO.C4H4O4/c1-3-12-20(13-4-2)15-19(21)18-11-10-16-8-6-5-7-9-17(16)14-18;5-3(6)1-2-4(7)8/h10-11,14,19,21H,3-9,12-13,15H2,1-2H3;1-2H,(H,5,6)(H,7,8)/b;2-1-. The fraction of sp³-hybridized carbons (Fsp3) is 0.565. The molecule has 0 aliphatic heterocycles. The van der Waals surface area contributed by atoms with E-state index in [0.717, 1.165) is 38.0 Å². The van der Waals surface area contributed by atoms with Crippen LogP contribution in [0.4, 0.5) is 0 Å². The quantitative estimate of drug-likeness (QED) is 0.427. The maximum atomic E-state index is 10.6. The summed E-state index contributed by atoms with van der Waals surface area (Å²) in [7, 11) is 0. The van der Waals surface area contributed by atoms with Crippen molar-refractivity contribution in [3.05, 3.63) is 47.0 Å². The molecular weight excluding hydrogens is 370 g/mol. The van der Waals surface area contributed by atoms with Crippen LogP contribution in [-0.4, -0.2) is 51.8 Å². The lowest BCUT2D eigenvalue weighted by Crippen LogP contribution is -2.30. The molecule has 0 radical (unpaired) electrons. The number of aliphatic hydroxyl groups is 1. The third kappa shape index (κ3) is 10.2. The Morgan fingerprint density at radius 3 is 2.03 bits per heavy atom. The first-order valence-corrected chi connectivity index (χ1v) is 10.5. The minimum atomic E-state index is -1.26. The van der Waals surface area contributed by atoms with Gasteiger partial charge in [-0.15, -0.1) is 0 Å². The smallest absolute Gasteiger partial charge is 0.328 e. The minimum Gasteiger partial charge on any atom is -0.478 e. The fourth-order valence-electron chi connectivity index (χ4n) is 3.56. The van der Waals surface area contributed by atoms with E-state index in [-0.39, 0.29) is 6.10 Å². The third-order valence-corrected chi connectivity index (χ3v) is 4.89. The van der Waals surface area contributed by atoms with Gasteiger partial charge < -0.3 is 20.2 Å². The molecule has 3 N–H and O–H groups in total. The summed E-state index contributed by atoms with van der Waals surface area (Å²) in [4.78, 5) is 21.5. The summed E-state index contributed by atoms with van der Waals surface area (Å²) in [5, 5.41) is 26.2. The summed E-state index contributed by atoms with van der Waals surface area (Å²) in [6, 6.07) is 6.66. The van der Waals surface area contributed by atoms with Gasteiger partial charge in [0.05, 0.1) is 6.10 Å². The van der Waals surface area contributed by atoms with E-state index in [1.165, 1.54) is 43.2 Å². The molecule has 6 heteroatoms. The molecule has 0 bridgehead atoms. The van der Waals surface area contributed by atoms with Crippen LogP contribution in [0, 0.1) is 0 Å². The number of aryl methyl sites for hydroxylation is 2. The Morgan fingerprint density at radius 1 is 0.966 bits per heavy atom. The van der Waals surface area contributed by atoms with E-state index in [4.69, 9.17) is 10.2 Å². The molecule has 1 aromatic rings. The predicted octanol–water partition coefficient (Wildman–Crippen LogP) is 3.82. The van der Waals surface area contributed by atoms with Crippen molar-refractivity contribution in [3.63, 3.8) is 0 Å². The van der Waals surface area contributed by atoms with Crippen LogP contribution in [-0.2, 0) is 22.4 Å². The highest BCUT2D eigenvalue weighted by molar-refractivity contribution is 5.89. The number of rotatable bonds is 9. The van der Waals surface area contributed by atoms with Crippen molar-refractivity contribution in [2.75, 3.05) is 19.6 Å². The Kier molecular flexibility index (Phi) is 11.9. The Morgan fingerprint density at radius 2 is 1.52 bits per heavy atom. The number of hydrogen-bond acceptors (Lipinski definition) is 4. The highest BCUT2D eigenvalue weighted by atomic mass is 16.4. The van der Waals surface area contributed by atoms with Gasteiger partial charge in [-0.2, -0.15) is 0 Å². The van der Waals surface area contributed by atoms with E-state index >= 15 is 0 Å². The first-order chi connectivity index (χ1) is 13.9. The number of carbonyl (C=O) groups is 2. The maximum absolute atomic E-state index is 10.6. The van der Waals surface area contributed by atoms with Crippen molar-refractivity contribution in [1.29, 1.82) is 0 Å². The molecular formula is C23H35NO5. The van der Waals surface area contributed by atoms with Crippen molar-refractivity contribution in [2.45, 2.75) is 64.9 Å². The summed E-state index contributed by atoms with van der Waals surface area (Å²) >= 11 is 0. The molecule has 0 fully saturated rings. The van der Waals surface area contributed by atoms with Crippen LogP contribution in [0.3, 0.4) is 0 Å². The van der Waals surface area contributed by atoms with Crippen LogP contribution in [0.15, 0.2) is 30.4 Å². The number of nitrogens with zero attached hydrogens (tertiary/aromatic N) is 1. The Labute approximate surface area is 173 Å². The van der Waals surface area contributed by atoms with E-state index in [9.17, 15) is 14.7 Å². The van der Waals surface area contributed by atoms with Crippen LogP contribution in [0.2, 0.25) is 0 Å². The molecule has 0 heterocycles. The van der Waals surface area contributed by atoms with Crippen molar-refractivity contribution in [3.8, 4) is 0 Å². The molecule has 162 valence electrons. The Bertz CT molecular complexity index is 649. The largest absolute Gasteiger partial charge is 0.478 e. The zero-order chi connectivity index (χ0) is 21.6. The van der Waals surface area contributed by atoms with Gasteiger partial charge in [-0.25, -0.2) is 9.59 Å². The predicted molar refractivity (Wildman–Crippen MR) is 114 cm³/mol. The van der Waals surface area contributed by atoms with E-state index in [1.54, 1.807) is 0 Å².